The van der Waals surface area contributed by atoms with Crippen molar-refractivity contribution >= 4 is 17.5 Å². The van der Waals surface area contributed by atoms with Crippen molar-refractivity contribution in [1.82, 2.24) is 0 Å². The smallest absolute Gasteiger partial charge is 0.545 e. The Morgan fingerprint density at radius 2 is 1.83 bits per heavy atom. The summed E-state index contributed by atoms with van der Waals surface area (Å²) in [4.78, 5) is 31.4. The zero-order valence-electron chi connectivity index (χ0n) is 7.42. The first-order chi connectivity index (χ1) is 5.07. The van der Waals surface area contributed by atoms with Gasteiger partial charge < -0.3 is 19.1 Å². The van der Waals surface area contributed by atoms with E-state index in [1.165, 1.54) is 6.92 Å². The summed E-state index contributed by atoms with van der Waals surface area (Å²) in [5, 5.41) is 0. The predicted octanol–water partition coefficient (Wildman–Crippen LogP) is -3.08. The molecule has 0 atom stereocenters. The van der Waals surface area contributed by atoms with E-state index in [0.717, 1.165) is 0 Å². The summed E-state index contributed by atoms with van der Waals surface area (Å²) in [6.45, 7) is 2.91. The molecule has 5 heteroatoms. The number of carbonyl (C=O) groups is 3. The van der Waals surface area contributed by atoms with E-state index < -0.39 is 17.5 Å². The summed E-state index contributed by atoms with van der Waals surface area (Å²) in [6.07, 6.45) is 0.706. The average Bonchev–Trinajstić information content (AvgIpc) is 1.86. The van der Waals surface area contributed by atoms with Crippen LogP contribution in [0, 0.1) is 6.42 Å². The summed E-state index contributed by atoms with van der Waals surface area (Å²) in [6, 6.07) is 0. The number of rotatable bonds is 4. The second kappa shape index (κ2) is 7.34. The summed E-state index contributed by atoms with van der Waals surface area (Å²) in [5.41, 5.74) is 0. The van der Waals surface area contributed by atoms with Gasteiger partial charge in [0, 0.05) is 0 Å². The van der Waals surface area contributed by atoms with Crippen LogP contribution in [0.5, 0.6) is 0 Å². The van der Waals surface area contributed by atoms with Crippen LogP contribution in [0.2, 0.25) is 0 Å². The number of Topliss-reactive ketones (excluding diaryl/α,β-unsaturated/α-hetero) is 2. The molecule has 0 fully saturated rings. The average molecular weight is 180 g/mol. The maximum absolute atomic E-state index is 10.6. The normalized spacial score (nSPS) is 7.83. The van der Waals surface area contributed by atoms with Crippen molar-refractivity contribution in [2.24, 2.45) is 0 Å². The van der Waals surface area contributed by atoms with Crippen LogP contribution in [0.4, 0.5) is 0 Å². The Morgan fingerprint density at radius 1 is 1.33 bits per heavy atom. The molecule has 62 valence electrons. The fourth-order valence-corrected chi connectivity index (χ4v) is 0.446. The van der Waals surface area contributed by atoms with Crippen LogP contribution in [0.3, 0.4) is 0 Å². The largest absolute Gasteiger partial charge is 1.00 e. The van der Waals surface area contributed by atoms with Crippen molar-refractivity contribution in [2.45, 2.75) is 13.8 Å². The third-order valence-corrected chi connectivity index (χ3v) is 0.811. The minimum Gasteiger partial charge on any atom is -0.545 e. The second-order valence-electron chi connectivity index (χ2n) is 1.84. The van der Waals surface area contributed by atoms with Crippen LogP contribution in [0.1, 0.15) is 13.8 Å². The number of ketones is 2. The van der Waals surface area contributed by atoms with E-state index in [1.807, 2.05) is 0 Å². The molecule has 0 N–H and O–H groups in total. The first kappa shape index (κ1) is 14.2. The molecule has 0 amide bonds. The second-order valence-corrected chi connectivity index (χ2v) is 1.84. The van der Waals surface area contributed by atoms with E-state index in [2.05, 4.69) is 4.74 Å². The van der Waals surface area contributed by atoms with Crippen molar-refractivity contribution < 1.29 is 48.7 Å². The molecule has 0 aliphatic carbocycles. The van der Waals surface area contributed by atoms with Crippen molar-refractivity contribution in [3.63, 3.8) is 0 Å². The topological polar surface area (TPSA) is 60.4 Å². The maximum atomic E-state index is 10.6. The van der Waals surface area contributed by atoms with Gasteiger partial charge in [-0.2, -0.15) is 0 Å². The minimum absolute atomic E-state index is 0. The van der Waals surface area contributed by atoms with Crippen molar-refractivity contribution in [1.29, 1.82) is 0 Å². The summed E-state index contributed by atoms with van der Waals surface area (Å²) < 4.78 is 4.33. The molecule has 0 radical (unpaired) electrons. The molecule has 0 aliphatic heterocycles. The summed E-state index contributed by atoms with van der Waals surface area (Å²) in [5.74, 6) is -2.34. The van der Waals surface area contributed by atoms with Crippen LogP contribution in [-0.4, -0.2) is 24.1 Å². The predicted molar refractivity (Wildman–Crippen MR) is 36.6 cm³/mol. The van der Waals surface area contributed by atoms with E-state index in [1.54, 1.807) is 6.92 Å². The number of carbonyl (C=O) groups excluding carboxylic acids is 3. The fraction of sp³-hybridized carbons (Fsp3) is 0.429. The van der Waals surface area contributed by atoms with E-state index >= 15 is 0 Å². The Morgan fingerprint density at radius 3 is 2.17 bits per heavy atom. The van der Waals surface area contributed by atoms with Gasteiger partial charge in [-0.1, -0.05) is 0 Å². The monoisotopic (exact) mass is 180 g/mol. The molecule has 0 unspecified atom stereocenters. The van der Waals surface area contributed by atoms with E-state index in [9.17, 15) is 14.4 Å². The van der Waals surface area contributed by atoms with Crippen molar-refractivity contribution in [3.8, 4) is 0 Å². The van der Waals surface area contributed by atoms with E-state index in [0.29, 0.717) is 6.42 Å². The van der Waals surface area contributed by atoms with Crippen LogP contribution >= 0.6 is 0 Å². The van der Waals surface area contributed by atoms with Gasteiger partial charge >= 0.3 is 29.6 Å². The van der Waals surface area contributed by atoms with E-state index in [4.69, 9.17) is 0 Å². The number of hydrogen-bond donors (Lipinski definition) is 0. The van der Waals surface area contributed by atoms with Crippen molar-refractivity contribution in [3.05, 3.63) is 6.42 Å². The van der Waals surface area contributed by atoms with Gasteiger partial charge in [-0.3, -0.25) is 0 Å². The molecule has 0 aromatic carbocycles. The SMILES string of the molecule is CCOC(=O)C(=O)[CH-]C(C)=O.[Na+]. The Bertz CT molecular complexity index is 188. The van der Waals surface area contributed by atoms with Gasteiger partial charge in [0.2, 0.25) is 5.97 Å². The van der Waals surface area contributed by atoms with Gasteiger partial charge in [-0.05, 0) is 13.8 Å². The molecule has 4 nitrogen and oxygen atoms in total. The van der Waals surface area contributed by atoms with Crippen LogP contribution < -0.4 is 29.6 Å². The standard InChI is InChI=1S/C7H9O4.Na/c1-3-11-7(10)6(9)4-5(2)8;/h4H,3H2,1-2H3;/q-1;+1. The van der Waals surface area contributed by atoms with Gasteiger partial charge in [-0.25, -0.2) is 0 Å². The molecule has 0 spiro atoms. The van der Waals surface area contributed by atoms with Gasteiger partial charge in [-0.15, -0.1) is 6.42 Å². The Kier molecular flexibility index (Phi) is 8.69. The van der Waals surface area contributed by atoms with Gasteiger partial charge in [0.15, 0.2) is 0 Å². The Labute approximate surface area is 92.9 Å². The molecule has 0 aromatic rings. The molecular formula is C7H9NaO4. The van der Waals surface area contributed by atoms with Gasteiger partial charge in [0.25, 0.3) is 0 Å². The Balaban J connectivity index is 0. The first-order valence-corrected chi connectivity index (χ1v) is 3.14. The van der Waals surface area contributed by atoms with Crippen molar-refractivity contribution in [2.75, 3.05) is 6.61 Å². The third-order valence-electron chi connectivity index (χ3n) is 0.811. The van der Waals surface area contributed by atoms with Crippen LogP contribution in [0.15, 0.2) is 0 Å². The molecule has 0 aliphatic rings. The molecule has 0 aromatic heterocycles. The molecule has 0 saturated heterocycles. The number of esters is 1. The number of ether oxygens (including phenoxy) is 1. The Hall–Kier alpha value is -0.320. The van der Waals surface area contributed by atoms with Crippen LogP contribution in [0.25, 0.3) is 0 Å². The number of hydrogen-bond acceptors (Lipinski definition) is 4. The summed E-state index contributed by atoms with van der Waals surface area (Å²) in [7, 11) is 0. The molecule has 0 heterocycles. The van der Waals surface area contributed by atoms with E-state index in [-0.39, 0.29) is 36.2 Å². The summed E-state index contributed by atoms with van der Waals surface area (Å²) >= 11 is 0. The third kappa shape index (κ3) is 6.39. The molecule has 0 saturated carbocycles. The molecule has 0 bridgehead atoms. The van der Waals surface area contributed by atoms with Gasteiger partial charge in [0.05, 0.1) is 12.4 Å². The zero-order valence-corrected chi connectivity index (χ0v) is 9.42. The quantitative estimate of drug-likeness (QED) is 0.151. The maximum Gasteiger partial charge on any atom is 1.00 e. The minimum atomic E-state index is -0.984. The zero-order chi connectivity index (χ0) is 8.85. The van der Waals surface area contributed by atoms with Crippen LogP contribution in [-0.2, 0) is 19.1 Å². The molecule has 12 heavy (non-hydrogen) atoms. The molecular weight excluding hydrogens is 171 g/mol. The molecule has 0 rings (SSSR count). The first-order valence-electron chi connectivity index (χ1n) is 3.14. The van der Waals surface area contributed by atoms with Gasteiger partial charge in [0.1, 0.15) is 5.78 Å². The fourth-order valence-electron chi connectivity index (χ4n) is 0.446.